The molecule has 0 radical (unpaired) electrons. The Balaban J connectivity index is 0.000000720. The van der Waals surface area contributed by atoms with E-state index < -0.39 is 0 Å². The lowest BCUT2D eigenvalue weighted by Gasteiger charge is -2.08. The van der Waals surface area contributed by atoms with Gasteiger partial charge in [0.15, 0.2) is 0 Å². The summed E-state index contributed by atoms with van der Waals surface area (Å²) in [4.78, 5) is 0. The third-order valence-corrected chi connectivity index (χ3v) is 2.57. The van der Waals surface area contributed by atoms with Gasteiger partial charge in [-0.25, -0.2) is 0 Å². The van der Waals surface area contributed by atoms with Crippen LogP contribution in [0.2, 0.25) is 0 Å². The van der Waals surface area contributed by atoms with E-state index in [1.54, 1.807) is 0 Å². The molecule has 12 heavy (non-hydrogen) atoms. The Hall–Kier alpha value is -0.530. The number of fused-ring (bicyclic) bond motifs is 1. The molecular formula is C10H14ClN. The Kier molecular flexibility index (Phi) is 2.76. The Bertz CT molecular complexity index is 272. The SMILES string of the molecule is C[C@H]1Cc2ccccc2[C@H]1N.Cl. The maximum absolute atomic E-state index is 5.99. The van der Waals surface area contributed by atoms with E-state index in [4.69, 9.17) is 5.73 Å². The van der Waals surface area contributed by atoms with Crippen molar-refractivity contribution < 1.29 is 0 Å². The topological polar surface area (TPSA) is 26.0 Å². The molecule has 0 saturated carbocycles. The number of benzene rings is 1. The molecule has 1 aromatic rings. The zero-order valence-corrected chi connectivity index (χ0v) is 7.97. The van der Waals surface area contributed by atoms with E-state index in [9.17, 15) is 0 Å². The highest BCUT2D eigenvalue weighted by atomic mass is 35.5. The normalized spacial score (nSPS) is 26.2. The zero-order chi connectivity index (χ0) is 7.84. The molecule has 1 aliphatic rings. The fraction of sp³-hybridized carbons (Fsp3) is 0.400. The predicted molar refractivity (Wildman–Crippen MR) is 53.5 cm³/mol. The predicted octanol–water partition coefficient (Wildman–Crippen LogP) is 2.30. The maximum atomic E-state index is 5.99. The monoisotopic (exact) mass is 183 g/mol. The summed E-state index contributed by atoms with van der Waals surface area (Å²) in [6.45, 7) is 2.21. The largest absolute Gasteiger partial charge is 0.324 e. The van der Waals surface area contributed by atoms with Crippen molar-refractivity contribution in [3.8, 4) is 0 Å². The van der Waals surface area contributed by atoms with Gasteiger partial charge in [-0.2, -0.15) is 0 Å². The fourth-order valence-electron chi connectivity index (χ4n) is 1.83. The summed E-state index contributed by atoms with van der Waals surface area (Å²) >= 11 is 0. The molecule has 0 spiro atoms. The average molecular weight is 184 g/mol. The smallest absolute Gasteiger partial charge is 0.0326 e. The number of nitrogens with two attached hydrogens (primary N) is 1. The van der Waals surface area contributed by atoms with Gasteiger partial charge in [0.1, 0.15) is 0 Å². The molecule has 2 rings (SSSR count). The van der Waals surface area contributed by atoms with Crippen LogP contribution in [0.25, 0.3) is 0 Å². The van der Waals surface area contributed by atoms with Crippen molar-refractivity contribution in [3.05, 3.63) is 35.4 Å². The van der Waals surface area contributed by atoms with Gasteiger partial charge in [-0.3, -0.25) is 0 Å². The van der Waals surface area contributed by atoms with Crippen molar-refractivity contribution in [2.75, 3.05) is 0 Å². The second-order valence-electron chi connectivity index (χ2n) is 3.41. The Morgan fingerprint density at radius 3 is 2.67 bits per heavy atom. The van der Waals surface area contributed by atoms with Crippen LogP contribution < -0.4 is 5.73 Å². The summed E-state index contributed by atoms with van der Waals surface area (Å²) in [5, 5.41) is 0. The lowest BCUT2D eigenvalue weighted by atomic mass is 10.0. The first-order valence-corrected chi connectivity index (χ1v) is 4.12. The highest BCUT2D eigenvalue weighted by Crippen LogP contribution is 2.33. The van der Waals surface area contributed by atoms with Gasteiger partial charge in [0.25, 0.3) is 0 Å². The summed E-state index contributed by atoms with van der Waals surface area (Å²) in [7, 11) is 0. The second kappa shape index (κ2) is 3.46. The molecular weight excluding hydrogens is 170 g/mol. The molecule has 0 aliphatic heterocycles. The molecule has 2 N–H and O–H groups in total. The molecule has 0 aromatic heterocycles. The van der Waals surface area contributed by atoms with Gasteiger partial charge >= 0.3 is 0 Å². The van der Waals surface area contributed by atoms with Crippen LogP contribution in [0.5, 0.6) is 0 Å². The molecule has 0 bridgehead atoms. The minimum atomic E-state index is 0. The molecule has 2 heteroatoms. The average Bonchev–Trinajstić information content (AvgIpc) is 2.30. The van der Waals surface area contributed by atoms with Gasteiger partial charge in [0, 0.05) is 6.04 Å². The standard InChI is InChI=1S/C10H13N.ClH/c1-7-6-8-4-2-3-5-9(8)10(7)11;/h2-5,7,10H,6,11H2,1H3;1H/t7-,10-;/m0./s1. The molecule has 0 heterocycles. The van der Waals surface area contributed by atoms with Crippen LogP contribution in [0.1, 0.15) is 24.1 Å². The van der Waals surface area contributed by atoms with Crippen LogP contribution in [0.3, 0.4) is 0 Å². The number of hydrogen-bond donors (Lipinski definition) is 1. The van der Waals surface area contributed by atoms with Crippen LogP contribution in [-0.4, -0.2) is 0 Å². The maximum Gasteiger partial charge on any atom is 0.0326 e. The molecule has 2 atom stereocenters. The Morgan fingerprint density at radius 2 is 2.00 bits per heavy atom. The summed E-state index contributed by atoms with van der Waals surface area (Å²) in [6.07, 6.45) is 1.15. The molecule has 0 unspecified atom stereocenters. The Labute approximate surface area is 79.4 Å². The molecule has 66 valence electrons. The minimum Gasteiger partial charge on any atom is -0.324 e. The summed E-state index contributed by atoms with van der Waals surface area (Å²) in [5.41, 5.74) is 8.77. The van der Waals surface area contributed by atoms with Gasteiger partial charge in [-0.1, -0.05) is 31.2 Å². The van der Waals surface area contributed by atoms with E-state index in [1.165, 1.54) is 11.1 Å². The van der Waals surface area contributed by atoms with E-state index in [0.29, 0.717) is 5.92 Å². The van der Waals surface area contributed by atoms with Crippen LogP contribution in [0.4, 0.5) is 0 Å². The second-order valence-corrected chi connectivity index (χ2v) is 3.41. The van der Waals surface area contributed by atoms with E-state index in [0.717, 1.165) is 6.42 Å². The van der Waals surface area contributed by atoms with Crippen molar-refractivity contribution in [3.63, 3.8) is 0 Å². The number of rotatable bonds is 0. The third kappa shape index (κ3) is 1.35. The van der Waals surface area contributed by atoms with Gasteiger partial charge in [-0.15, -0.1) is 12.4 Å². The first-order valence-electron chi connectivity index (χ1n) is 4.12. The highest BCUT2D eigenvalue weighted by molar-refractivity contribution is 5.85. The van der Waals surface area contributed by atoms with E-state index >= 15 is 0 Å². The summed E-state index contributed by atoms with van der Waals surface area (Å²) in [5.74, 6) is 0.618. The van der Waals surface area contributed by atoms with Crippen LogP contribution in [0, 0.1) is 5.92 Å². The van der Waals surface area contributed by atoms with Crippen LogP contribution >= 0.6 is 12.4 Å². The molecule has 1 nitrogen and oxygen atoms in total. The summed E-state index contributed by atoms with van der Waals surface area (Å²) < 4.78 is 0. The molecule has 0 amide bonds. The fourth-order valence-corrected chi connectivity index (χ4v) is 1.83. The van der Waals surface area contributed by atoms with Crippen molar-refractivity contribution in [2.24, 2.45) is 11.7 Å². The summed E-state index contributed by atoms with van der Waals surface area (Å²) in [6, 6.07) is 8.74. The highest BCUT2D eigenvalue weighted by Gasteiger charge is 2.24. The lowest BCUT2D eigenvalue weighted by Crippen LogP contribution is -2.13. The van der Waals surface area contributed by atoms with E-state index in [1.807, 2.05) is 0 Å². The lowest BCUT2D eigenvalue weighted by molar-refractivity contribution is 0.513. The van der Waals surface area contributed by atoms with E-state index in [2.05, 4.69) is 31.2 Å². The van der Waals surface area contributed by atoms with Crippen molar-refractivity contribution in [1.82, 2.24) is 0 Å². The molecule has 0 saturated heterocycles. The Morgan fingerprint density at radius 1 is 1.33 bits per heavy atom. The first kappa shape index (κ1) is 9.56. The van der Waals surface area contributed by atoms with Crippen molar-refractivity contribution >= 4 is 12.4 Å². The van der Waals surface area contributed by atoms with Crippen LogP contribution in [0.15, 0.2) is 24.3 Å². The first-order chi connectivity index (χ1) is 5.29. The minimum absolute atomic E-state index is 0. The number of halogens is 1. The molecule has 0 fully saturated rings. The quantitative estimate of drug-likeness (QED) is 0.657. The van der Waals surface area contributed by atoms with Gasteiger partial charge in [0.2, 0.25) is 0 Å². The van der Waals surface area contributed by atoms with Crippen molar-refractivity contribution in [1.29, 1.82) is 0 Å². The molecule has 1 aromatic carbocycles. The van der Waals surface area contributed by atoms with Gasteiger partial charge < -0.3 is 5.73 Å². The van der Waals surface area contributed by atoms with Crippen molar-refractivity contribution in [2.45, 2.75) is 19.4 Å². The van der Waals surface area contributed by atoms with E-state index in [-0.39, 0.29) is 18.4 Å². The van der Waals surface area contributed by atoms with Gasteiger partial charge in [-0.05, 0) is 23.5 Å². The van der Waals surface area contributed by atoms with Gasteiger partial charge in [0.05, 0.1) is 0 Å². The third-order valence-electron chi connectivity index (χ3n) is 2.57. The van der Waals surface area contributed by atoms with Crippen LogP contribution in [-0.2, 0) is 6.42 Å². The number of hydrogen-bond acceptors (Lipinski definition) is 1. The zero-order valence-electron chi connectivity index (χ0n) is 7.16. The molecule has 1 aliphatic carbocycles.